The fourth-order valence-corrected chi connectivity index (χ4v) is 3.43. The quantitative estimate of drug-likeness (QED) is 0.543. The van der Waals surface area contributed by atoms with Gasteiger partial charge < -0.3 is 16.4 Å². The molecule has 7 heteroatoms. The molecule has 27 heavy (non-hydrogen) atoms. The first-order chi connectivity index (χ1) is 12.8. The van der Waals surface area contributed by atoms with Crippen LogP contribution < -0.4 is 16.4 Å². The number of H-pyrrole nitrogens is 1. The van der Waals surface area contributed by atoms with Crippen molar-refractivity contribution in [3.63, 3.8) is 0 Å². The molecule has 0 bridgehead atoms. The Kier molecular flexibility index (Phi) is 5.78. The Balaban J connectivity index is 0.00000210. The summed E-state index contributed by atoms with van der Waals surface area (Å²) in [7, 11) is 0. The number of carbonyl (C=O) groups excluding carboxylic acids is 1. The van der Waals surface area contributed by atoms with E-state index in [-0.39, 0.29) is 24.4 Å². The molecule has 0 unspecified atom stereocenters. The molecule has 0 radical (unpaired) electrons. The number of amides is 1. The predicted octanol–water partition coefficient (Wildman–Crippen LogP) is 2.31. The van der Waals surface area contributed by atoms with Gasteiger partial charge in [0.1, 0.15) is 0 Å². The summed E-state index contributed by atoms with van der Waals surface area (Å²) in [4.78, 5) is 13.0. The van der Waals surface area contributed by atoms with E-state index in [1.54, 1.807) is 0 Å². The molecule has 0 aromatic heterocycles. The molecular formula is C20H22ClN5O. The third-order valence-corrected chi connectivity index (χ3v) is 4.70. The van der Waals surface area contributed by atoms with Crippen LogP contribution in [0.15, 0.2) is 48.8 Å². The van der Waals surface area contributed by atoms with E-state index in [0.29, 0.717) is 25.1 Å². The van der Waals surface area contributed by atoms with Crippen LogP contribution in [0.3, 0.4) is 0 Å². The highest BCUT2D eigenvalue weighted by molar-refractivity contribution is 6.01. The average molecular weight is 384 g/mol. The summed E-state index contributed by atoms with van der Waals surface area (Å²) in [6.07, 6.45) is 6.30. The van der Waals surface area contributed by atoms with E-state index in [1.165, 1.54) is 0 Å². The zero-order valence-corrected chi connectivity index (χ0v) is 15.6. The molecule has 2 aliphatic heterocycles. The maximum Gasteiger partial charge on any atom is 0.251 e. The Morgan fingerprint density at radius 3 is 2.89 bits per heavy atom. The van der Waals surface area contributed by atoms with Crippen molar-refractivity contribution < 1.29 is 4.79 Å². The van der Waals surface area contributed by atoms with Gasteiger partial charge in [-0.05, 0) is 35.9 Å². The van der Waals surface area contributed by atoms with Crippen LogP contribution in [0, 0.1) is 0 Å². The first kappa shape index (κ1) is 18.9. The first-order valence-corrected chi connectivity index (χ1v) is 8.70. The van der Waals surface area contributed by atoms with E-state index in [0.717, 1.165) is 27.9 Å². The molecule has 5 N–H and O–H groups in total. The van der Waals surface area contributed by atoms with Crippen LogP contribution in [-0.4, -0.2) is 28.7 Å². The van der Waals surface area contributed by atoms with Crippen molar-refractivity contribution in [2.45, 2.75) is 19.0 Å². The standard InChI is InChI=1S/C20H21N5O.ClH/c21-10-15(8-13-4-2-1-3-5-13)24-20(26)16-9-14-11-23-25-18-6-7-22-12-17(16)19(14)18;/h1-7,9,11,15,22-23H,8,10,12,21H2,(H,24,26);1H/t15-;/m0./s1. The number of carbonyl (C=O) groups is 1. The van der Waals surface area contributed by atoms with Gasteiger partial charge in [0.25, 0.3) is 5.91 Å². The van der Waals surface area contributed by atoms with Crippen LogP contribution in [0.1, 0.15) is 27.2 Å². The van der Waals surface area contributed by atoms with E-state index < -0.39 is 0 Å². The number of benzene rings is 1. The van der Waals surface area contributed by atoms with Gasteiger partial charge in [0.05, 0.1) is 5.69 Å². The number of aromatic nitrogens is 2. The number of rotatable bonds is 5. The van der Waals surface area contributed by atoms with Gasteiger partial charge in [-0.3, -0.25) is 9.89 Å². The van der Waals surface area contributed by atoms with Gasteiger partial charge in [-0.2, -0.15) is 5.10 Å². The maximum atomic E-state index is 13.0. The summed E-state index contributed by atoms with van der Waals surface area (Å²) in [5, 5.41) is 13.5. The van der Waals surface area contributed by atoms with Crippen LogP contribution in [-0.2, 0) is 13.0 Å². The Labute approximate surface area is 164 Å². The van der Waals surface area contributed by atoms with Crippen LogP contribution in [0.2, 0.25) is 0 Å². The highest BCUT2D eigenvalue weighted by atomic mass is 35.5. The lowest BCUT2D eigenvalue weighted by molar-refractivity contribution is 0.0937. The largest absolute Gasteiger partial charge is 0.387 e. The van der Waals surface area contributed by atoms with Gasteiger partial charge >= 0.3 is 0 Å². The summed E-state index contributed by atoms with van der Waals surface area (Å²) >= 11 is 0. The van der Waals surface area contributed by atoms with Crippen molar-refractivity contribution in [3.8, 4) is 11.1 Å². The van der Waals surface area contributed by atoms with E-state index in [4.69, 9.17) is 5.73 Å². The van der Waals surface area contributed by atoms with E-state index in [9.17, 15) is 4.79 Å². The third kappa shape index (κ3) is 3.82. The van der Waals surface area contributed by atoms with E-state index in [2.05, 4.69) is 20.8 Å². The molecule has 1 amide bonds. The van der Waals surface area contributed by atoms with Crippen molar-refractivity contribution in [2.24, 2.45) is 5.73 Å². The Hall–Kier alpha value is -2.83. The molecule has 0 spiro atoms. The van der Waals surface area contributed by atoms with Crippen molar-refractivity contribution >= 4 is 24.4 Å². The molecule has 2 heterocycles. The summed E-state index contributed by atoms with van der Waals surface area (Å²) in [6, 6.07) is 11.9. The average Bonchev–Trinajstić information content (AvgIpc) is 2.90. The molecule has 1 aromatic rings. The van der Waals surface area contributed by atoms with Gasteiger partial charge in [-0.15, -0.1) is 12.4 Å². The van der Waals surface area contributed by atoms with Gasteiger partial charge in [0, 0.05) is 42.0 Å². The molecule has 1 atom stereocenters. The second-order valence-corrected chi connectivity index (χ2v) is 6.45. The van der Waals surface area contributed by atoms with Crippen LogP contribution in [0.4, 0.5) is 0 Å². The minimum absolute atomic E-state index is 0. The lowest BCUT2D eigenvalue weighted by atomic mass is 10.0. The monoisotopic (exact) mass is 383 g/mol. The van der Waals surface area contributed by atoms with Crippen LogP contribution in [0.5, 0.6) is 0 Å². The van der Waals surface area contributed by atoms with Crippen molar-refractivity contribution in [3.05, 3.63) is 71.2 Å². The van der Waals surface area contributed by atoms with E-state index >= 15 is 0 Å². The fraction of sp³-hybridized carbons (Fsp3) is 0.200. The third-order valence-electron chi connectivity index (χ3n) is 4.70. The highest BCUT2D eigenvalue weighted by Crippen LogP contribution is 2.35. The molecular weight excluding hydrogens is 362 g/mol. The molecule has 1 aliphatic carbocycles. The molecule has 0 saturated heterocycles. The SMILES string of the molecule is Cl.NC[C@H](Cc1ccccc1)NC(=O)c1cc2c[nH]nc3c-2c1CNC=C3. The Morgan fingerprint density at radius 2 is 2.11 bits per heavy atom. The van der Waals surface area contributed by atoms with Crippen LogP contribution in [0.25, 0.3) is 17.2 Å². The molecule has 3 aliphatic rings. The Bertz CT molecular complexity index is 921. The van der Waals surface area contributed by atoms with Gasteiger partial charge in [0.15, 0.2) is 0 Å². The summed E-state index contributed by atoms with van der Waals surface area (Å²) in [6.45, 7) is 0.976. The van der Waals surface area contributed by atoms with Crippen molar-refractivity contribution in [2.75, 3.05) is 6.54 Å². The second-order valence-electron chi connectivity index (χ2n) is 6.45. The van der Waals surface area contributed by atoms with Crippen molar-refractivity contribution in [1.82, 2.24) is 20.8 Å². The second kappa shape index (κ2) is 8.24. The summed E-state index contributed by atoms with van der Waals surface area (Å²) in [5.74, 6) is -0.0998. The molecule has 6 nitrogen and oxygen atoms in total. The number of hydrogen-bond donors (Lipinski definition) is 4. The van der Waals surface area contributed by atoms with Crippen molar-refractivity contribution in [1.29, 1.82) is 0 Å². The van der Waals surface area contributed by atoms with Crippen LogP contribution >= 0.6 is 12.4 Å². The lowest BCUT2D eigenvalue weighted by Crippen LogP contribution is -2.41. The number of hydrogen-bond acceptors (Lipinski definition) is 4. The van der Waals surface area contributed by atoms with Gasteiger partial charge in [0.2, 0.25) is 0 Å². The normalized spacial score (nSPS) is 13.4. The number of nitrogens with two attached hydrogens (primary N) is 1. The number of nitrogens with zero attached hydrogens (tertiary/aromatic N) is 1. The highest BCUT2D eigenvalue weighted by Gasteiger charge is 2.25. The minimum Gasteiger partial charge on any atom is -0.387 e. The molecule has 0 fully saturated rings. The van der Waals surface area contributed by atoms with Gasteiger partial charge in [-0.1, -0.05) is 30.3 Å². The number of aromatic amines is 1. The topological polar surface area (TPSA) is 95.8 Å². The fourth-order valence-electron chi connectivity index (χ4n) is 3.43. The zero-order chi connectivity index (χ0) is 17.9. The molecule has 4 rings (SSSR count). The summed E-state index contributed by atoms with van der Waals surface area (Å²) < 4.78 is 0. The number of nitrogens with one attached hydrogen (secondary N) is 3. The summed E-state index contributed by atoms with van der Waals surface area (Å²) in [5.41, 5.74) is 11.5. The smallest absolute Gasteiger partial charge is 0.251 e. The molecule has 0 saturated carbocycles. The molecule has 1 aromatic carbocycles. The predicted molar refractivity (Wildman–Crippen MR) is 109 cm³/mol. The zero-order valence-electron chi connectivity index (χ0n) is 14.7. The minimum atomic E-state index is -0.115. The lowest BCUT2D eigenvalue weighted by Gasteiger charge is -2.17. The van der Waals surface area contributed by atoms with Gasteiger partial charge in [-0.25, -0.2) is 0 Å². The molecule has 140 valence electrons. The Morgan fingerprint density at radius 1 is 1.30 bits per heavy atom. The number of halogens is 1. The van der Waals surface area contributed by atoms with E-state index in [1.807, 2.05) is 54.9 Å². The maximum absolute atomic E-state index is 13.0. The first-order valence-electron chi connectivity index (χ1n) is 8.70.